The molecule has 0 bridgehead atoms. The fourth-order valence-corrected chi connectivity index (χ4v) is 6.70. The molecule has 36 heavy (non-hydrogen) atoms. The van der Waals surface area contributed by atoms with Gasteiger partial charge in [0.05, 0.1) is 17.5 Å². The number of amides is 2. The Balaban J connectivity index is 1.52. The summed E-state index contributed by atoms with van der Waals surface area (Å²) in [5.74, 6) is -3.27. The van der Waals surface area contributed by atoms with Crippen molar-refractivity contribution in [1.82, 2.24) is 0 Å². The zero-order chi connectivity index (χ0) is 25.3. The molecule has 4 atom stereocenters. The number of hydrogen-bond donors (Lipinski definition) is 1. The van der Waals surface area contributed by atoms with Crippen LogP contribution < -0.4 is 4.90 Å². The van der Waals surface area contributed by atoms with Gasteiger partial charge in [0.1, 0.15) is 5.75 Å². The molecule has 0 unspecified atom stereocenters. The van der Waals surface area contributed by atoms with Gasteiger partial charge in [-0.3, -0.25) is 24.1 Å². The highest BCUT2D eigenvalue weighted by Gasteiger charge is 2.56. The number of phenols is 1. The molecule has 6 rings (SSSR count). The third kappa shape index (κ3) is 3.22. The number of halogens is 1. The number of nitrogens with zero attached hydrogens (tertiary/aromatic N) is 1. The first-order chi connectivity index (χ1) is 17.3. The van der Waals surface area contributed by atoms with Crippen molar-refractivity contribution in [2.45, 2.75) is 25.7 Å². The largest absolute Gasteiger partial charge is 0.508 e. The van der Waals surface area contributed by atoms with Crippen molar-refractivity contribution in [3.05, 3.63) is 93.0 Å². The number of ketones is 2. The maximum atomic E-state index is 13.8. The quantitative estimate of drug-likeness (QED) is 0.334. The second-order valence-electron chi connectivity index (χ2n) is 9.78. The predicted molar refractivity (Wildman–Crippen MR) is 136 cm³/mol. The Morgan fingerprint density at radius 1 is 0.972 bits per heavy atom. The van der Waals surface area contributed by atoms with Crippen molar-refractivity contribution in [2.75, 3.05) is 4.90 Å². The lowest BCUT2D eigenvalue weighted by molar-refractivity contribution is -0.123. The Morgan fingerprint density at radius 2 is 1.72 bits per heavy atom. The standard InChI is InChI=1S/C29H22BrNO5/c1-14-11-23(33)26-21(27(14)34)13-19-17(24(26)20-12-15(30)7-10-22(20)32)8-9-18-25(19)29(36)31(28(18)35)16-5-3-2-4-6-16/h2-8,10-12,18-19,24-25,32H,9,13H2,1H3/t18-,19+,24+,25-/m0/s1. The molecule has 1 aliphatic heterocycles. The Hall–Kier alpha value is -3.58. The molecule has 1 saturated heterocycles. The number of aromatic hydroxyl groups is 1. The van der Waals surface area contributed by atoms with Gasteiger partial charge in [0.15, 0.2) is 11.6 Å². The lowest BCUT2D eigenvalue weighted by Gasteiger charge is -2.42. The monoisotopic (exact) mass is 543 g/mol. The van der Waals surface area contributed by atoms with E-state index < -0.39 is 23.7 Å². The molecule has 0 radical (unpaired) electrons. The Morgan fingerprint density at radius 3 is 2.47 bits per heavy atom. The summed E-state index contributed by atoms with van der Waals surface area (Å²) in [5.41, 5.74) is 2.94. The Kier molecular flexibility index (Phi) is 5.23. The van der Waals surface area contributed by atoms with Crippen LogP contribution in [0.1, 0.15) is 31.2 Å². The molecule has 2 aromatic rings. The fourth-order valence-electron chi connectivity index (χ4n) is 6.33. The Bertz CT molecular complexity index is 1470. The van der Waals surface area contributed by atoms with Crippen LogP contribution in [-0.2, 0) is 19.2 Å². The average Bonchev–Trinajstić information content (AvgIpc) is 3.13. The molecule has 2 amide bonds. The van der Waals surface area contributed by atoms with E-state index in [4.69, 9.17) is 0 Å². The van der Waals surface area contributed by atoms with E-state index in [1.807, 2.05) is 12.1 Å². The lowest BCUT2D eigenvalue weighted by Crippen LogP contribution is -2.39. The summed E-state index contributed by atoms with van der Waals surface area (Å²) in [6.07, 6.45) is 3.88. The number of phenolic OH excluding ortho intramolecular Hbond substituents is 1. The molecule has 180 valence electrons. The first kappa shape index (κ1) is 22.9. The van der Waals surface area contributed by atoms with Crippen molar-refractivity contribution in [3.63, 3.8) is 0 Å². The lowest BCUT2D eigenvalue weighted by atomic mass is 9.59. The van der Waals surface area contributed by atoms with Gasteiger partial charge >= 0.3 is 0 Å². The van der Waals surface area contributed by atoms with Crippen molar-refractivity contribution in [3.8, 4) is 5.75 Å². The molecule has 0 aromatic heterocycles. The first-order valence-electron chi connectivity index (χ1n) is 11.9. The number of fused-ring (bicyclic) bond motifs is 3. The summed E-state index contributed by atoms with van der Waals surface area (Å²) in [5, 5.41) is 10.8. The number of para-hydroxylation sites is 1. The van der Waals surface area contributed by atoms with Crippen LogP contribution in [0.2, 0.25) is 0 Å². The van der Waals surface area contributed by atoms with Gasteiger partial charge in [-0.05, 0) is 62.1 Å². The van der Waals surface area contributed by atoms with Crippen LogP contribution in [0.25, 0.3) is 0 Å². The van der Waals surface area contributed by atoms with Gasteiger partial charge in [-0.2, -0.15) is 0 Å². The molecule has 1 fully saturated rings. The van der Waals surface area contributed by atoms with Crippen molar-refractivity contribution in [2.24, 2.45) is 17.8 Å². The second-order valence-corrected chi connectivity index (χ2v) is 10.7. The highest BCUT2D eigenvalue weighted by Crippen LogP contribution is 2.56. The van der Waals surface area contributed by atoms with Gasteiger partial charge in [0, 0.05) is 32.7 Å². The molecule has 0 saturated carbocycles. The molecule has 6 nitrogen and oxygen atoms in total. The predicted octanol–water partition coefficient (Wildman–Crippen LogP) is 4.79. The highest BCUT2D eigenvalue weighted by atomic mass is 79.9. The van der Waals surface area contributed by atoms with Crippen LogP contribution in [0.15, 0.2) is 87.4 Å². The molecule has 0 spiro atoms. The smallest absolute Gasteiger partial charge is 0.238 e. The van der Waals surface area contributed by atoms with Gasteiger partial charge in [-0.1, -0.05) is 45.8 Å². The zero-order valence-electron chi connectivity index (χ0n) is 19.4. The number of carbonyl (C=O) groups is 4. The number of imide groups is 1. The molecule has 7 heteroatoms. The van der Waals surface area contributed by atoms with Crippen LogP contribution in [-0.4, -0.2) is 28.5 Å². The molecule has 4 aliphatic rings. The third-order valence-corrected chi connectivity index (χ3v) is 8.37. The number of rotatable bonds is 2. The van der Waals surface area contributed by atoms with E-state index in [0.29, 0.717) is 34.4 Å². The van der Waals surface area contributed by atoms with E-state index in [0.717, 1.165) is 10.0 Å². The molecule has 3 aliphatic carbocycles. The molecule has 1 N–H and O–H groups in total. The summed E-state index contributed by atoms with van der Waals surface area (Å²) in [6, 6.07) is 13.9. The topological polar surface area (TPSA) is 91.8 Å². The van der Waals surface area contributed by atoms with Crippen LogP contribution in [0.4, 0.5) is 5.69 Å². The van der Waals surface area contributed by atoms with Crippen LogP contribution in [0.3, 0.4) is 0 Å². The third-order valence-electron chi connectivity index (χ3n) is 7.88. The van der Waals surface area contributed by atoms with Gasteiger partial charge in [0.25, 0.3) is 0 Å². The highest BCUT2D eigenvalue weighted by molar-refractivity contribution is 9.10. The first-order valence-corrected chi connectivity index (χ1v) is 12.7. The van der Waals surface area contributed by atoms with Crippen LogP contribution in [0, 0.1) is 17.8 Å². The summed E-state index contributed by atoms with van der Waals surface area (Å²) >= 11 is 3.46. The SMILES string of the molecule is CC1=CC(=O)C2=C(C[C@@H]3C(=CC[C@@H]4C(=O)N(c5ccccc5)C(=O)[C@@H]43)[C@@H]2c2cc(Br)ccc2O)C1=O. The number of allylic oxidation sites excluding steroid dienone is 6. The van der Waals surface area contributed by atoms with Crippen molar-refractivity contribution < 1.29 is 24.3 Å². The van der Waals surface area contributed by atoms with E-state index in [-0.39, 0.29) is 35.6 Å². The number of hydrogen-bond acceptors (Lipinski definition) is 5. The van der Waals surface area contributed by atoms with E-state index in [1.54, 1.807) is 49.4 Å². The summed E-state index contributed by atoms with van der Waals surface area (Å²) in [4.78, 5) is 55.0. The number of anilines is 1. The van der Waals surface area contributed by atoms with Crippen molar-refractivity contribution in [1.29, 1.82) is 0 Å². The normalized spacial score (nSPS) is 27.4. The van der Waals surface area contributed by atoms with E-state index >= 15 is 0 Å². The summed E-state index contributed by atoms with van der Waals surface area (Å²) in [7, 11) is 0. The van der Waals surface area contributed by atoms with Gasteiger partial charge in [-0.25, -0.2) is 0 Å². The summed E-state index contributed by atoms with van der Waals surface area (Å²) in [6.45, 7) is 1.62. The molecule has 1 heterocycles. The average molecular weight is 544 g/mol. The van der Waals surface area contributed by atoms with E-state index in [1.165, 1.54) is 11.0 Å². The molecular formula is C29H22BrNO5. The zero-order valence-corrected chi connectivity index (χ0v) is 21.0. The van der Waals surface area contributed by atoms with Crippen molar-refractivity contribution >= 4 is 45.0 Å². The van der Waals surface area contributed by atoms with Gasteiger partial charge in [0.2, 0.25) is 11.8 Å². The van der Waals surface area contributed by atoms with E-state index in [9.17, 15) is 24.3 Å². The fraction of sp³-hybridized carbons (Fsp3) is 0.241. The molecule has 2 aromatic carbocycles. The maximum Gasteiger partial charge on any atom is 0.238 e. The number of benzene rings is 2. The Labute approximate surface area is 216 Å². The minimum absolute atomic E-state index is 0.00462. The molecular weight excluding hydrogens is 522 g/mol. The minimum atomic E-state index is -0.674. The van der Waals surface area contributed by atoms with Crippen LogP contribution in [0.5, 0.6) is 5.75 Å². The van der Waals surface area contributed by atoms with E-state index in [2.05, 4.69) is 15.9 Å². The number of Topliss-reactive ketones (excluding diaryl/α,β-unsaturated/α-hetero) is 1. The van der Waals surface area contributed by atoms with Gasteiger partial charge in [-0.15, -0.1) is 0 Å². The van der Waals surface area contributed by atoms with Crippen LogP contribution >= 0.6 is 15.9 Å². The minimum Gasteiger partial charge on any atom is -0.508 e. The summed E-state index contributed by atoms with van der Waals surface area (Å²) < 4.78 is 0.720. The maximum absolute atomic E-state index is 13.8. The number of carbonyl (C=O) groups excluding carboxylic acids is 4. The van der Waals surface area contributed by atoms with Gasteiger partial charge < -0.3 is 5.11 Å². The second kappa shape index (κ2) is 8.23.